The molecule has 0 saturated heterocycles. The molecule has 2 rings (SSSR count). The van der Waals surface area contributed by atoms with Crippen LogP contribution < -0.4 is 4.74 Å². The van der Waals surface area contributed by atoms with E-state index in [0.29, 0.717) is 23.0 Å². The third-order valence-electron chi connectivity index (χ3n) is 5.44. The maximum absolute atomic E-state index is 6.24. The summed E-state index contributed by atoms with van der Waals surface area (Å²) in [4.78, 5) is 4.97. The van der Waals surface area contributed by atoms with Gasteiger partial charge in [-0.3, -0.25) is 4.90 Å². The molecule has 1 aromatic carbocycles. The van der Waals surface area contributed by atoms with Gasteiger partial charge in [-0.1, -0.05) is 30.7 Å². The van der Waals surface area contributed by atoms with E-state index >= 15 is 0 Å². The normalized spacial score (nSPS) is 23.9. The van der Waals surface area contributed by atoms with Crippen LogP contribution in [0.5, 0.6) is 5.75 Å². The Bertz CT molecular complexity index is 561. The van der Waals surface area contributed by atoms with Gasteiger partial charge in [-0.25, -0.2) is 0 Å². The van der Waals surface area contributed by atoms with Crippen molar-refractivity contribution >= 4 is 11.6 Å². The molecule has 4 heteroatoms. The number of hydrogen-bond acceptors (Lipinski definition) is 3. The SMILES string of the molecule is C=CCN(CCC)C1CCC(N(C)C)C(c2ccc(Cl)c(OC)c2)C1. The molecule has 0 bridgehead atoms. The van der Waals surface area contributed by atoms with Gasteiger partial charge in [-0.2, -0.15) is 0 Å². The Balaban J connectivity index is 2.27. The topological polar surface area (TPSA) is 15.7 Å². The van der Waals surface area contributed by atoms with Gasteiger partial charge in [-0.05, 0) is 64.0 Å². The molecule has 1 aliphatic rings. The molecule has 3 nitrogen and oxygen atoms in total. The smallest absolute Gasteiger partial charge is 0.137 e. The zero-order valence-electron chi connectivity index (χ0n) is 16.2. The molecule has 3 atom stereocenters. The average Bonchev–Trinajstić information content (AvgIpc) is 2.61. The van der Waals surface area contributed by atoms with Crippen molar-refractivity contribution in [3.63, 3.8) is 0 Å². The molecular formula is C21H33ClN2O. The summed E-state index contributed by atoms with van der Waals surface area (Å²) in [6.45, 7) is 8.32. The Morgan fingerprint density at radius 1 is 1.32 bits per heavy atom. The molecule has 0 amide bonds. The number of nitrogens with zero attached hydrogens (tertiary/aromatic N) is 2. The summed E-state index contributed by atoms with van der Waals surface area (Å²) in [5, 5.41) is 0.680. The van der Waals surface area contributed by atoms with Gasteiger partial charge in [0.15, 0.2) is 0 Å². The van der Waals surface area contributed by atoms with Crippen LogP contribution in [0.25, 0.3) is 0 Å². The monoisotopic (exact) mass is 364 g/mol. The van der Waals surface area contributed by atoms with Gasteiger partial charge in [0.2, 0.25) is 0 Å². The van der Waals surface area contributed by atoms with Crippen LogP contribution in [0.3, 0.4) is 0 Å². The molecule has 0 heterocycles. The predicted molar refractivity (Wildman–Crippen MR) is 108 cm³/mol. The second-order valence-corrected chi connectivity index (χ2v) is 7.69. The summed E-state index contributed by atoms with van der Waals surface area (Å²) in [6, 6.07) is 7.44. The average molecular weight is 365 g/mol. The molecule has 25 heavy (non-hydrogen) atoms. The molecule has 0 aromatic heterocycles. The number of halogens is 1. The highest BCUT2D eigenvalue weighted by Crippen LogP contribution is 2.39. The van der Waals surface area contributed by atoms with Gasteiger partial charge < -0.3 is 9.64 Å². The van der Waals surface area contributed by atoms with Crippen LogP contribution in [0.1, 0.15) is 44.1 Å². The van der Waals surface area contributed by atoms with Gasteiger partial charge in [-0.15, -0.1) is 6.58 Å². The number of hydrogen-bond donors (Lipinski definition) is 0. The van der Waals surface area contributed by atoms with Crippen molar-refractivity contribution in [1.29, 1.82) is 0 Å². The van der Waals surface area contributed by atoms with Crippen LogP contribution in [0, 0.1) is 0 Å². The van der Waals surface area contributed by atoms with Crippen LogP contribution in [0.15, 0.2) is 30.9 Å². The minimum atomic E-state index is 0.490. The highest BCUT2D eigenvalue weighted by Gasteiger charge is 2.35. The van der Waals surface area contributed by atoms with Crippen LogP contribution in [-0.2, 0) is 0 Å². The maximum Gasteiger partial charge on any atom is 0.137 e. The predicted octanol–water partition coefficient (Wildman–Crippen LogP) is 4.81. The summed E-state index contributed by atoms with van der Waals surface area (Å²) in [5.74, 6) is 1.26. The molecule has 140 valence electrons. The molecule has 0 radical (unpaired) electrons. The first-order valence-corrected chi connectivity index (χ1v) is 9.74. The van der Waals surface area contributed by atoms with Crippen LogP contribution in [0.4, 0.5) is 0 Å². The van der Waals surface area contributed by atoms with E-state index in [4.69, 9.17) is 16.3 Å². The van der Waals surface area contributed by atoms with Crippen molar-refractivity contribution in [2.45, 2.75) is 50.6 Å². The van der Waals surface area contributed by atoms with E-state index in [2.05, 4.69) is 49.5 Å². The molecule has 0 spiro atoms. The van der Waals surface area contributed by atoms with Crippen molar-refractivity contribution in [2.24, 2.45) is 0 Å². The quantitative estimate of drug-likeness (QED) is 0.615. The number of benzene rings is 1. The van der Waals surface area contributed by atoms with Crippen LogP contribution in [0.2, 0.25) is 5.02 Å². The minimum absolute atomic E-state index is 0.490. The van der Waals surface area contributed by atoms with Gasteiger partial charge in [0.1, 0.15) is 5.75 Å². The summed E-state index contributed by atoms with van der Waals surface area (Å²) in [6.07, 6.45) is 6.85. The van der Waals surface area contributed by atoms with Crippen molar-refractivity contribution in [3.05, 3.63) is 41.4 Å². The van der Waals surface area contributed by atoms with Gasteiger partial charge in [0, 0.05) is 24.5 Å². The lowest BCUT2D eigenvalue weighted by Crippen LogP contribution is -2.46. The van der Waals surface area contributed by atoms with Gasteiger partial charge in [0.25, 0.3) is 0 Å². The first-order valence-electron chi connectivity index (χ1n) is 9.36. The largest absolute Gasteiger partial charge is 0.495 e. The van der Waals surface area contributed by atoms with Crippen molar-refractivity contribution in [3.8, 4) is 5.75 Å². The number of methoxy groups -OCH3 is 1. The van der Waals surface area contributed by atoms with E-state index in [1.807, 2.05) is 12.1 Å². The van der Waals surface area contributed by atoms with E-state index in [1.165, 1.54) is 31.2 Å². The molecule has 3 unspecified atom stereocenters. The number of likely N-dealkylation sites (N-methyl/N-ethyl adjacent to an activating group) is 1. The highest BCUT2D eigenvalue weighted by atomic mass is 35.5. The standard InChI is InChI=1S/C21H33ClN2O/c1-6-12-24(13-7-2)17-9-11-20(23(3)4)18(15-17)16-8-10-19(22)21(14-16)25-5/h6,8,10,14,17-18,20H,1,7,9,11-13,15H2,2-5H3. The zero-order valence-corrected chi connectivity index (χ0v) is 16.9. The van der Waals surface area contributed by atoms with Gasteiger partial charge in [0.05, 0.1) is 12.1 Å². The van der Waals surface area contributed by atoms with Crippen LogP contribution >= 0.6 is 11.6 Å². The fourth-order valence-electron chi connectivity index (χ4n) is 4.22. The third-order valence-corrected chi connectivity index (χ3v) is 5.76. The van der Waals surface area contributed by atoms with Crippen molar-refractivity contribution in [1.82, 2.24) is 9.80 Å². The Morgan fingerprint density at radius 3 is 2.68 bits per heavy atom. The lowest BCUT2D eigenvalue weighted by atomic mass is 9.76. The second-order valence-electron chi connectivity index (χ2n) is 7.28. The van der Waals surface area contributed by atoms with Crippen LogP contribution in [-0.4, -0.2) is 56.2 Å². The second kappa shape index (κ2) is 9.61. The first-order chi connectivity index (χ1) is 12.0. The van der Waals surface area contributed by atoms with Crippen molar-refractivity contribution < 1.29 is 4.74 Å². The summed E-state index contributed by atoms with van der Waals surface area (Å²) < 4.78 is 5.45. The lowest BCUT2D eigenvalue weighted by Gasteiger charge is -2.43. The first kappa shape index (κ1) is 20.3. The summed E-state index contributed by atoms with van der Waals surface area (Å²) in [7, 11) is 6.07. The van der Waals surface area contributed by atoms with Gasteiger partial charge >= 0.3 is 0 Å². The van der Waals surface area contributed by atoms with E-state index < -0.39 is 0 Å². The molecule has 1 aliphatic carbocycles. The Morgan fingerprint density at radius 2 is 2.08 bits per heavy atom. The number of rotatable bonds is 8. The highest BCUT2D eigenvalue weighted by molar-refractivity contribution is 6.32. The minimum Gasteiger partial charge on any atom is -0.495 e. The van der Waals surface area contributed by atoms with E-state index in [9.17, 15) is 0 Å². The van der Waals surface area contributed by atoms with E-state index in [1.54, 1.807) is 7.11 Å². The summed E-state index contributed by atoms with van der Waals surface area (Å²) in [5.41, 5.74) is 1.33. The summed E-state index contributed by atoms with van der Waals surface area (Å²) >= 11 is 6.24. The molecule has 1 aromatic rings. The Hall–Kier alpha value is -1.03. The lowest BCUT2D eigenvalue weighted by molar-refractivity contribution is 0.109. The molecule has 1 saturated carbocycles. The Labute approximate surface area is 158 Å². The fourth-order valence-corrected chi connectivity index (χ4v) is 4.42. The van der Waals surface area contributed by atoms with E-state index in [-0.39, 0.29) is 0 Å². The zero-order chi connectivity index (χ0) is 18.4. The maximum atomic E-state index is 6.24. The Kier molecular flexibility index (Phi) is 7.80. The fraction of sp³-hybridized carbons (Fsp3) is 0.619. The number of ether oxygens (including phenoxy) is 1. The molecule has 1 fully saturated rings. The van der Waals surface area contributed by atoms with E-state index in [0.717, 1.165) is 18.8 Å². The molecule has 0 N–H and O–H groups in total. The molecular weight excluding hydrogens is 332 g/mol. The third kappa shape index (κ3) is 4.99. The molecule has 0 aliphatic heterocycles. The van der Waals surface area contributed by atoms with Crippen molar-refractivity contribution in [2.75, 3.05) is 34.3 Å².